The Morgan fingerprint density at radius 3 is 2.81 bits per heavy atom. The maximum atomic E-state index is 13.6. The first kappa shape index (κ1) is 11.4. The van der Waals surface area contributed by atoms with Crippen molar-refractivity contribution in [3.63, 3.8) is 0 Å². The number of alkyl halides is 1. The Hall–Kier alpha value is -1.13. The van der Waals surface area contributed by atoms with E-state index in [9.17, 15) is 4.39 Å². The van der Waals surface area contributed by atoms with Crippen molar-refractivity contribution in [1.29, 1.82) is 0 Å². The Kier molecular flexibility index (Phi) is 3.12. The first-order valence-corrected chi connectivity index (χ1v) is 5.33. The lowest BCUT2D eigenvalue weighted by molar-refractivity contribution is 0.420. The summed E-state index contributed by atoms with van der Waals surface area (Å²) in [6.45, 7) is 1.70. The van der Waals surface area contributed by atoms with Gasteiger partial charge in [-0.25, -0.2) is 4.39 Å². The smallest absolute Gasteiger partial charge is 0.261 e. The van der Waals surface area contributed by atoms with Gasteiger partial charge in [0.25, 0.3) is 5.89 Å². The average molecular weight is 261 g/mol. The molecule has 0 bridgehead atoms. The van der Waals surface area contributed by atoms with Gasteiger partial charge in [0.15, 0.2) is 11.6 Å². The first-order valence-electron chi connectivity index (χ1n) is 4.51. The van der Waals surface area contributed by atoms with Crippen LogP contribution in [0.3, 0.4) is 0 Å². The van der Waals surface area contributed by atoms with Crippen molar-refractivity contribution in [1.82, 2.24) is 10.1 Å². The SMILES string of the molecule is CC(Cl)c1noc(-c2cccc(Cl)c2F)n1. The number of halogens is 3. The van der Waals surface area contributed by atoms with Crippen LogP contribution in [0.4, 0.5) is 4.39 Å². The highest BCUT2D eigenvalue weighted by Gasteiger charge is 2.16. The van der Waals surface area contributed by atoms with Crippen LogP contribution in [0.1, 0.15) is 18.1 Å². The predicted molar refractivity (Wildman–Crippen MR) is 59.0 cm³/mol. The third kappa shape index (κ3) is 2.03. The van der Waals surface area contributed by atoms with Crippen molar-refractivity contribution < 1.29 is 8.91 Å². The van der Waals surface area contributed by atoms with Gasteiger partial charge in [-0.05, 0) is 19.1 Å². The van der Waals surface area contributed by atoms with Crippen molar-refractivity contribution in [2.45, 2.75) is 12.3 Å². The van der Waals surface area contributed by atoms with E-state index >= 15 is 0 Å². The normalized spacial score (nSPS) is 12.8. The molecule has 1 atom stereocenters. The molecule has 1 aromatic heterocycles. The van der Waals surface area contributed by atoms with Crippen LogP contribution in [-0.4, -0.2) is 10.1 Å². The monoisotopic (exact) mass is 260 g/mol. The maximum Gasteiger partial charge on any atom is 0.261 e. The zero-order chi connectivity index (χ0) is 11.7. The molecular weight excluding hydrogens is 254 g/mol. The number of aromatic nitrogens is 2. The van der Waals surface area contributed by atoms with Crippen molar-refractivity contribution in [2.24, 2.45) is 0 Å². The third-order valence-electron chi connectivity index (χ3n) is 1.98. The van der Waals surface area contributed by atoms with E-state index in [1.54, 1.807) is 13.0 Å². The van der Waals surface area contributed by atoms with Crippen LogP contribution in [0.5, 0.6) is 0 Å². The minimum Gasteiger partial charge on any atom is -0.334 e. The predicted octanol–water partition coefficient (Wildman–Crippen LogP) is 3.83. The highest BCUT2D eigenvalue weighted by molar-refractivity contribution is 6.31. The maximum absolute atomic E-state index is 13.6. The largest absolute Gasteiger partial charge is 0.334 e. The Morgan fingerprint density at radius 1 is 1.44 bits per heavy atom. The third-order valence-corrected chi connectivity index (χ3v) is 2.47. The van der Waals surface area contributed by atoms with Gasteiger partial charge in [-0.2, -0.15) is 4.98 Å². The number of rotatable bonds is 2. The van der Waals surface area contributed by atoms with Crippen LogP contribution in [0.2, 0.25) is 5.02 Å². The molecule has 0 aliphatic carbocycles. The summed E-state index contributed by atoms with van der Waals surface area (Å²) in [5.41, 5.74) is 0.170. The van der Waals surface area contributed by atoms with Gasteiger partial charge in [0.05, 0.1) is 16.0 Å². The fourth-order valence-electron chi connectivity index (χ4n) is 1.17. The molecule has 1 heterocycles. The van der Waals surface area contributed by atoms with Crippen LogP contribution in [-0.2, 0) is 0 Å². The second kappa shape index (κ2) is 4.39. The van der Waals surface area contributed by atoms with Gasteiger partial charge in [-0.15, -0.1) is 11.6 Å². The van der Waals surface area contributed by atoms with Crippen LogP contribution in [0, 0.1) is 5.82 Å². The van der Waals surface area contributed by atoms with E-state index in [1.807, 2.05) is 0 Å². The van der Waals surface area contributed by atoms with Crippen molar-refractivity contribution in [3.8, 4) is 11.5 Å². The van der Waals surface area contributed by atoms with Crippen LogP contribution < -0.4 is 0 Å². The zero-order valence-corrected chi connectivity index (χ0v) is 9.76. The second-order valence-electron chi connectivity index (χ2n) is 3.18. The lowest BCUT2D eigenvalue weighted by Crippen LogP contribution is -1.88. The topological polar surface area (TPSA) is 38.9 Å². The molecule has 0 saturated carbocycles. The first-order chi connectivity index (χ1) is 7.59. The molecule has 0 N–H and O–H groups in total. The summed E-state index contributed by atoms with van der Waals surface area (Å²) in [6.07, 6.45) is 0. The Morgan fingerprint density at radius 2 is 2.19 bits per heavy atom. The highest BCUT2D eigenvalue weighted by atomic mass is 35.5. The number of hydrogen-bond donors (Lipinski definition) is 0. The van der Waals surface area contributed by atoms with E-state index < -0.39 is 5.82 Å². The van der Waals surface area contributed by atoms with Gasteiger partial charge in [0, 0.05) is 0 Å². The Bertz CT molecular complexity index is 513. The zero-order valence-electron chi connectivity index (χ0n) is 8.25. The van der Waals surface area contributed by atoms with Crippen LogP contribution in [0.25, 0.3) is 11.5 Å². The summed E-state index contributed by atoms with van der Waals surface area (Å²) < 4.78 is 18.5. The van der Waals surface area contributed by atoms with E-state index in [4.69, 9.17) is 27.7 Å². The summed E-state index contributed by atoms with van der Waals surface area (Å²) in [6, 6.07) is 4.56. The molecule has 2 rings (SSSR count). The van der Waals surface area contributed by atoms with Crippen molar-refractivity contribution in [2.75, 3.05) is 0 Å². The standard InChI is InChI=1S/C10H7Cl2FN2O/c1-5(11)9-14-10(16-15-9)6-3-2-4-7(12)8(6)13/h2-5H,1H3. The molecule has 1 aromatic carbocycles. The van der Waals surface area contributed by atoms with Gasteiger partial charge < -0.3 is 4.52 Å². The van der Waals surface area contributed by atoms with Gasteiger partial charge in [0.2, 0.25) is 0 Å². The van der Waals surface area contributed by atoms with Gasteiger partial charge in [-0.3, -0.25) is 0 Å². The molecule has 16 heavy (non-hydrogen) atoms. The number of benzene rings is 1. The van der Waals surface area contributed by atoms with Crippen molar-refractivity contribution >= 4 is 23.2 Å². The van der Waals surface area contributed by atoms with E-state index in [0.29, 0.717) is 5.82 Å². The molecule has 0 fully saturated rings. The summed E-state index contributed by atoms with van der Waals surface area (Å²) in [5.74, 6) is -0.194. The Labute approximate surface area is 101 Å². The van der Waals surface area contributed by atoms with E-state index in [0.717, 1.165) is 0 Å². The molecule has 1 unspecified atom stereocenters. The molecular formula is C10H7Cl2FN2O. The minimum atomic E-state index is -0.582. The summed E-state index contributed by atoms with van der Waals surface area (Å²) in [5, 5.41) is 3.26. The molecule has 0 spiro atoms. The molecule has 0 amide bonds. The Balaban J connectivity index is 2.47. The quantitative estimate of drug-likeness (QED) is 0.771. The summed E-state index contributed by atoms with van der Waals surface area (Å²) in [7, 11) is 0. The van der Waals surface area contributed by atoms with E-state index in [-0.39, 0.29) is 21.9 Å². The second-order valence-corrected chi connectivity index (χ2v) is 4.24. The van der Waals surface area contributed by atoms with E-state index in [2.05, 4.69) is 10.1 Å². The van der Waals surface area contributed by atoms with Gasteiger partial charge >= 0.3 is 0 Å². The molecule has 0 radical (unpaired) electrons. The fourth-order valence-corrected chi connectivity index (χ4v) is 1.44. The lowest BCUT2D eigenvalue weighted by atomic mass is 10.2. The molecule has 0 saturated heterocycles. The molecule has 0 aliphatic rings. The molecule has 84 valence electrons. The minimum absolute atomic E-state index is 0.0103. The summed E-state index contributed by atoms with van der Waals surface area (Å²) in [4.78, 5) is 3.97. The number of hydrogen-bond acceptors (Lipinski definition) is 3. The van der Waals surface area contributed by atoms with Crippen LogP contribution in [0.15, 0.2) is 22.7 Å². The van der Waals surface area contributed by atoms with Crippen molar-refractivity contribution in [3.05, 3.63) is 34.9 Å². The molecule has 6 heteroatoms. The van der Waals surface area contributed by atoms with Crippen LogP contribution >= 0.6 is 23.2 Å². The van der Waals surface area contributed by atoms with Gasteiger partial charge in [-0.1, -0.05) is 22.8 Å². The lowest BCUT2D eigenvalue weighted by Gasteiger charge is -1.98. The fraction of sp³-hybridized carbons (Fsp3) is 0.200. The molecule has 0 aliphatic heterocycles. The highest BCUT2D eigenvalue weighted by Crippen LogP contribution is 2.27. The van der Waals surface area contributed by atoms with Gasteiger partial charge in [0.1, 0.15) is 0 Å². The molecule has 2 aromatic rings. The average Bonchev–Trinajstić information content (AvgIpc) is 2.71. The number of nitrogens with zero attached hydrogens (tertiary/aromatic N) is 2. The molecule has 3 nitrogen and oxygen atoms in total. The summed E-state index contributed by atoms with van der Waals surface area (Å²) >= 11 is 11.4. The van der Waals surface area contributed by atoms with E-state index in [1.165, 1.54) is 12.1 Å².